The largest absolute Gasteiger partial charge is 0.368 e. The average Bonchev–Trinajstić information content (AvgIpc) is 2.87. The molecule has 1 amide bonds. The van der Waals surface area contributed by atoms with Crippen molar-refractivity contribution >= 4 is 28.4 Å². The molecule has 178 valence electrons. The van der Waals surface area contributed by atoms with Gasteiger partial charge < -0.3 is 19.3 Å². The molecule has 34 heavy (non-hydrogen) atoms. The Bertz CT molecular complexity index is 1280. The highest BCUT2D eigenvalue weighted by Gasteiger charge is 2.32. The molecule has 0 radical (unpaired) electrons. The Hall–Kier alpha value is -3.35. The van der Waals surface area contributed by atoms with E-state index in [0.717, 1.165) is 56.6 Å². The molecule has 1 aromatic heterocycles. The van der Waals surface area contributed by atoms with Crippen molar-refractivity contribution in [3.05, 3.63) is 63.9 Å². The van der Waals surface area contributed by atoms with Gasteiger partial charge in [-0.3, -0.25) is 9.59 Å². The Morgan fingerprint density at radius 2 is 1.74 bits per heavy atom. The van der Waals surface area contributed by atoms with Gasteiger partial charge in [0.15, 0.2) is 5.82 Å². The smallest absolute Gasteiger partial charge is 0.293 e. The van der Waals surface area contributed by atoms with Crippen molar-refractivity contribution in [2.24, 2.45) is 13.0 Å². The maximum atomic E-state index is 13.4. The fourth-order valence-electron chi connectivity index (χ4n) is 5.33. The third-order valence-corrected chi connectivity index (χ3v) is 7.33. The summed E-state index contributed by atoms with van der Waals surface area (Å²) in [7, 11) is 1.79. The number of amides is 1. The number of nitrogens with zero attached hydrogens (tertiary/aromatic N) is 5. The van der Waals surface area contributed by atoms with Gasteiger partial charge in [-0.25, -0.2) is 4.98 Å². The van der Waals surface area contributed by atoms with Crippen molar-refractivity contribution in [2.75, 3.05) is 49.1 Å². The Morgan fingerprint density at radius 3 is 2.53 bits per heavy atom. The van der Waals surface area contributed by atoms with Crippen molar-refractivity contribution in [1.29, 1.82) is 0 Å². The van der Waals surface area contributed by atoms with E-state index in [-0.39, 0.29) is 17.4 Å². The SMILES string of the molecule is Cc1ccc(C)c(N2CCN(C(=O)[C@@H]3CCCN(c4nc5ccccc5n(C)c4=O)C3)CC2)c1. The lowest BCUT2D eigenvalue weighted by atomic mass is 9.96. The van der Waals surface area contributed by atoms with Crippen LogP contribution in [0.4, 0.5) is 11.5 Å². The predicted molar refractivity (Wildman–Crippen MR) is 137 cm³/mol. The van der Waals surface area contributed by atoms with Crippen LogP contribution in [-0.4, -0.2) is 59.6 Å². The molecule has 0 unspecified atom stereocenters. The third kappa shape index (κ3) is 4.15. The molecule has 0 spiro atoms. The lowest BCUT2D eigenvalue weighted by Gasteiger charge is -2.40. The number of benzene rings is 2. The summed E-state index contributed by atoms with van der Waals surface area (Å²) in [6.45, 7) is 8.74. The standard InChI is InChI=1S/C27H33N5O2/c1-19-10-11-20(2)24(17-19)30-13-15-31(16-14-30)26(33)21-7-6-12-32(18-21)25-27(34)29(3)23-9-5-4-8-22(23)28-25/h4-5,8-11,17,21H,6-7,12-16,18H2,1-3H3/t21-/m1/s1. The molecule has 2 aromatic carbocycles. The first-order valence-corrected chi connectivity index (χ1v) is 12.2. The zero-order valence-electron chi connectivity index (χ0n) is 20.3. The molecule has 7 heteroatoms. The van der Waals surface area contributed by atoms with E-state index in [2.05, 4.69) is 41.9 Å². The number of rotatable bonds is 3. The number of aryl methyl sites for hydroxylation is 3. The van der Waals surface area contributed by atoms with Crippen molar-refractivity contribution in [3.63, 3.8) is 0 Å². The van der Waals surface area contributed by atoms with Gasteiger partial charge in [0.05, 0.1) is 17.0 Å². The summed E-state index contributed by atoms with van der Waals surface area (Å²) in [5, 5.41) is 0. The summed E-state index contributed by atoms with van der Waals surface area (Å²) in [6, 6.07) is 14.2. The maximum Gasteiger partial charge on any atom is 0.293 e. The summed E-state index contributed by atoms with van der Waals surface area (Å²) in [5.41, 5.74) is 5.33. The second-order valence-corrected chi connectivity index (χ2v) is 9.68. The average molecular weight is 460 g/mol. The molecule has 5 rings (SSSR count). The fraction of sp³-hybridized carbons (Fsp3) is 0.444. The number of aromatic nitrogens is 2. The van der Waals surface area contributed by atoms with Crippen LogP contribution in [0.15, 0.2) is 47.3 Å². The van der Waals surface area contributed by atoms with Crippen LogP contribution in [0.3, 0.4) is 0 Å². The Morgan fingerprint density at radius 1 is 0.971 bits per heavy atom. The fourth-order valence-corrected chi connectivity index (χ4v) is 5.33. The first-order valence-electron chi connectivity index (χ1n) is 12.2. The van der Waals surface area contributed by atoms with E-state index in [1.165, 1.54) is 16.8 Å². The number of para-hydroxylation sites is 2. The molecule has 0 saturated carbocycles. The van der Waals surface area contributed by atoms with Gasteiger partial charge in [-0.15, -0.1) is 0 Å². The molecule has 7 nitrogen and oxygen atoms in total. The van der Waals surface area contributed by atoms with Crippen LogP contribution < -0.4 is 15.4 Å². The minimum absolute atomic E-state index is 0.0982. The highest BCUT2D eigenvalue weighted by molar-refractivity contribution is 5.80. The molecule has 2 saturated heterocycles. The van der Waals surface area contributed by atoms with Gasteiger partial charge in [0.25, 0.3) is 5.56 Å². The molecule has 3 heterocycles. The Kier molecular flexibility index (Phi) is 6.02. The van der Waals surface area contributed by atoms with Gasteiger partial charge in [-0.2, -0.15) is 0 Å². The Balaban J connectivity index is 1.28. The highest BCUT2D eigenvalue weighted by Crippen LogP contribution is 2.26. The molecule has 0 bridgehead atoms. The minimum Gasteiger partial charge on any atom is -0.368 e. The third-order valence-electron chi connectivity index (χ3n) is 7.33. The molecular weight excluding hydrogens is 426 g/mol. The van der Waals surface area contributed by atoms with Gasteiger partial charge in [0.1, 0.15) is 0 Å². The lowest BCUT2D eigenvalue weighted by molar-refractivity contribution is -0.136. The second kappa shape index (κ2) is 9.12. The van der Waals surface area contributed by atoms with Gasteiger partial charge in [0, 0.05) is 52.0 Å². The van der Waals surface area contributed by atoms with E-state index in [1.807, 2.05) is 34.1 Å². The molecule has 2 fully saturated rings. The van der Waals surface area contributed by atoms with Crippen molar-refractivity contribution in [3.8, 4) is 0 Å². The van der Waals surface area contributed by atoms with Crippen LogP contribution in [-0.2, 0) is 11.8 Å². The summed E-state index contributed by atoms with van der Waals surface area (Å²) >= 11 is 0. The van der Waals surface area contributed by atoms with Gasteiger partial charge in [-0.1, -0.05) is 24.3 Å². The van der Waals surface area contributed by atoms with E-state index >= 15 is 0 Å². The highest BCUT2D eigenvalue weighted by atomic mass is 16.2. The van der Waals surface area contributed by atoms with Crippen LogP contribution in [0, 0.1) is 19.8 Å². The van der Waals surface area contributed by atoms with Crippen molar-refractivity contribution < 1.29 is 4.79 Å². The van der Waals surface area contributed by atoms with E-state index in [1.54, 1.807) is 11.6 Å². The summed E-state index contributed by atoms with van der Waals surface area (Å²) in [6.07, 6.45) is 1.75. The zero-order valence-corrected chi connectivity index (χ0v) is 20.3. The molecule has 2 aliphatic heterocycles. The number of fused-ring (bicyclic) bond motifs is 1. The van der Waals surface area contributed by atoms with Gasteiger partial charge >= 0.3 is 0 Å². The van der Waals surface area contributed by atoms with Crippen molar-refractivity contribution in [1.82, 2.24) is 14.5 Å². The minimum atomic E-state index is -0.103. The van der Waals surface area contributed by atoms with Crippen LogP contribution in [0.25, 0.3) is 11.0 Å². The van der Waals surface area contributed by atoms with Crippen LogP contribution in [0.2, 0.25) is 0 Å². The van der Waals surface area contributed by atoms with Crippen LogP contribution in [0.5, 0.6) is 0 Å². The quantitative estimate of drug-likeness (QED) is 0.602. The maximum absolute atomic E-state index is 13.4. The predicted octanol–water partition coefficient (Wildman–Crippen LogP) is 3.12. The van der Waals surface area contributed by atoms with E-state index < -0.39 is 0 Å². The second-order valence-electron chi connectivity index (χ2n) is 9.68. The number of hydrogen-bond donors (Lipinski definition) is 0. The van der Waals surface area contributed by atoms with E-state index in [4.69, 9.17) is 0 Å². The lowest BCUT2D eigenvalue weighted by Crippen LogP contribution is -2.53. The van der Waals surface area contributed by atoms with Gasteiger partial charge in [-0.05, 0) is 56.0 Å². The van der Waals surface area contributed by atoms with Gasteiger partial charge in [0.2, 0.25) is 5.91 Å². The monoisotopic (exact) mass is 459 g/mol. The number of hydrogen-bond acceptors (Lipinski definition) is 5. The summed E-state index contributed by atoms with van der Waals surface area (Å²) < 4.78 is 1.66. The molecule has 0 N–H and O–H groups in total. The summed E-state index contributed by atoms with van der Waals surface area (Å²) in [4.78, 5) is 37.6. The van der Waals surface area contributed by atoms with Crippen LogP contribution in [0.1, 0.15) is 24.0 Å². The number of carbonyl (C=O) groups is 1. The van der Waals surface area contributed by atoms with Crippen LogP contribution >= 0.6 is 0 Å². The topological polar surface area (TPSA) is 61.7 Å². The molecule has 0 aliphatic carbocycles. The van der Waals surface area contributed by atoms with E-state index in [0.29, 0.717) is 12.4 Å². The number of anilines is 2. The summed E-state index contributed by atoms with van der Waals surface area (Å²) in [5.74, 6) is 0.570. The zero-order chi connectivity index (χ0) is 23.8. The normalized spacial score (nSPS) is 19.0. The molecular formula is C27H33N5O2. The van der Waals surface area contributed by atoms with E-state index in [9.17, 15) is 9.59 Å². The Labute approximate surface area is 200 Å². The molecule has 1 atom stereocenters. The number of piperidine rings is 1. The van der Waals surface area contributed by atoms with Crippen molar-refractivity contribution in [2.45, 2.75) is 26.7 Å². The number of carbonyl (C=O) groups excluding carboxylic acids is 1. The number of piperazine rings is 1. The first kappa shape index (κ1) is 22.4. The first-order chi connectivity index (χ1) is 16.4. The molecule has 2 aliphatic rings. The molecule has 3 aromatic rings.